The second kappa shape index (κ2) is 7.43. The number of carbonyl (C=O) groups is 1. The molecule has 136 valence electrons. The van der Waals surface area contributed by atoms with Crippen LogP contribution < -0.4 is 0 Å². The number of hydrogen-bond acceptors (Lipinski definition) is 5. The summed E-state index contributed by atoms with van der Waals surface area (Å²) in [6.45, 7) is 0. The Morgan fingerprint density at radius 2 is 1.89 bits per heavy atom. The second-order valence-electron chi connectivity index (χ2n) is 5.50. The molecule has 0 spiro atoms. The van der Waals surface area contributed by atoms with Gasteiger partial charge >= 0.3 is 5.97 Å². The van der Waals surface area contributed by atoms with Gasteiger partial charge in [0.25, 0.3) is 0 Å². The molecular formula is C19H12FNO5S. The first-order valence-corrected chi connectivity index (χ1v) is 9.25. The van der Waals surface area contributed by atoms with E-state index in [0.717, 1.165) is 6.39 Å². The third kappa shape index (κ3) is 4.40. The molecule has 3 rings (SSSR count). The first kappa shape index (κ1) is 18.4. The number of oxazole rings is 1. The highest BCUT2D eigenvalue weighted by Gasteiger charge is 2.21. The molecule has 0 saturated heterocycles. The molecule has 0 atom stereocenters. The smallest absolute Gasteiger partial charge is 0.335 e. The molecule has 1 heterocycles. The molecule has 0 unspecified atom stereocenters. The van der Waals surface area contributed by atoms with Crippen LogP contribution in [0.2, 0.25) is 0 Å². The maximum Gasteiger partial charge on any atom is 0.335 e. The highest BCUT2D eigenvalue weighted by molar-refractivity contribution is 7.90. The van der Waals surface area contributed by atoms with Crippen LogP contribution in [-0.4, -0.2) is 24.5 Å². The van der Waals surface area contributed by atoms with Gasteiger partial charge in [-0.2, -0.15) is 0 Å². The average molecular weight is 385 g/mol. The van der Waals surface area contributed by atoms with E-state index in [1.165, 1.54) is 48.7 Å². The van der Waals surface area contributed by atoms with Crippen LogP contribution in [0.15, 0.2) is 64.4 Å². The van der Waals surface area contributed by atoms with Crippen molar-refractivity contribution >= 4 is 15.8 Å². The van der Waals surface area contributed by atoms with Gasteiger partial charge in [0, 0.05) is 11.1 Å². The van der Waals surface area contributed by atoms with Crippen molar-refractivity contribution < 1.29 is 27.1 Å². The topological polar surface area (TPSA) is 97.5 Å². The molecule has 2 aromatic carbocycles. The van der Waals surface area contributed by atoms with E-state index in [0.29, 0.717) is 5.56 Å². The summed E-state index contributed by atoms with van der Waals surface area (Å²) in [5, 5.41) is 9.16. The van der Waals surface area contributed by atoms with Crippen LogP contribution in [0.4, 0.5) is 4.39 Å². The number of carboxylic acid groups (broad SMARTS) is 1. The Morgan fingerprint density at radius 3 is 2.52 bits per heavy atom. The Kier molecular flexibility index (Phi) is 5.05. The van der Waals surface area contributed by atoms with Crippen LogP contribution in [0, 0.1) is 17.7 Å². The molecule has 0 aliphatic heterocycles. The fourth-order valence-electron chi connectivity index (χ4n) is 2.28. The van der Waals surface area contributed by atoms with Crippen molar-refractivity contribution in [2.75, 3.05) is 0 Å². The van der Waals surface area contributed by atoms with E-state index in [-0.39, 0.29) is 21.8 Å². The predicted molar refractivity (Wildman–Crippen MR) is 93.2 cm³/mol. The van der Waals surface area contributed by atoms with Crippen molar-refractivity contribution in [2.24, 2.45) is 0 Å². The van der Waals surface area contributed by atoms with Gasteiger partial charge in [0.1, 0.15) is 17.3 Å². The lowest BCUT2D eigenvalue weighted by atomic mass is 10.1. The van der Waals surface area contributed by atoms with Crippen LogP contribution in [-0.2, 0) is 15.6 Å². The largest absolute Gasteiger partial charge is 0.478 e. The zero-order valence-electron chi connectivity index (χ0n) is 13.7. The van der Waals surface area contributed by atoms with Gasteiger partial charge in [0.2, 0.25) is 0 Å². The van der Waals surface area contributed by atoms with Crippen molar-refractivity contribution in [3.05, 3.63) is 83.3 Å². The summed E-state index contributed by atoms with van der Waals surface area (Å²) in [5.41, 5.74) is 0.381. The molecule has 0 aliphatic rings. The van der Waals surface area contributed by atoms with Gasteiger partial charge in [-0.1, -0.05) is 11.8 Å². The van der Waals surface area contributed by atoms with Gasteiger partial charge < -0.3 is 9.52 Å². The lowest BCUT2D eigenvalue weighted by molar-refractivity contribution is 0.0696. The Hall–Kier alpha value is -3.44. The van der Waals surface area contributed by atoms with Crippen LogP contribution >= 0.6 is 0 Å². The molecule has 0 bridgehead atoms. The zero-order chi connectivity index (χ0) is 19.4. The Labute approximate surface area is 154 Å². The summed E-state index contributed by atoms with van der Waals surface area (Å²) >= 11 is 0. The molecule has 1 aromatic heterocycles. The van der Waals surface area contributed by atoms with E-state index < -0.39 is 27.4 Å². The van der Waals surface area contributed by atoms with E-state index >= 15 is 0 Å². The molecule has 8 heteroatoms. The number of carboxylic acids is 1. The highest BCUT2D eigenvalue weighted by Crippen LogP contribution is 2.22. The first-order chi connectivity index (χ1) is 12.8. The van der Waals surface area contributed by atoms with Gasteiger partial charge in [0.15, 0.2) is 16.2 Å². The van der Waals surface area contributed by atoms with Crippen LogP contribution in [0.3, 0.4) is 0 Å². The average Bonchev–Trinajstić information content (AvgIpc) is 3.13. The zero-order valence-corrected chi connectivity index (χ0v) is 14.5. The molecule has 0 saturated carbocycles. The SMILES string of the molecule is O=C(O)c1ccc(S(=O)(=O)Cc2cnco2)c(C#Cc2ccc(F)cc2)c1. The highest BCUT2D eigenvalue weighted by atomic mass is 32.2. The first-order valence-electron chi connectivity index (χ1n) is 7.60. The lowest BCUT2D eigenvalue weighted by Crippen LogP contribution is -2.08. The normalized spacial score (nSPS) is 10.9. The van der Waals surface area contributed by atoms with E-state index in [1.54, 1.807) is 0 Å². The standard InChI is InChI=1S/C19H12FNO5S/c20-16-6-2-13(3-7-16)1-4-14-9-15(19(22)23)5-8-18(14)27(24,25)11-17-10-21-12-26-17/h2-3,5-10,12H,11H2,(H,22,23). The van der Waals surface area contributed by atoms with E-state index in [2.05, 4.69) is 16.8 Å². The Morgan fingerprint density at radius 1 is 1.15 bits per heavy atom. The number of rotatable bonds is 4. The summed E-state index contributed by atoms with van der Waals surface area (Å²) in [7, 11) is -3.86. The number of halogens is 1. The number of benzene rings is 2. The monoisotopic (exact) mass is 385 g/mol. The molecule has 6 nitrogen and oxygen atoms in total. The fraction of sp³-hybridized carbons (Fsp3) is 0.0526. The third-order valence-electron chi connectivity index (χ3n) is 3.56. The van der Waals surface area contributed by atoms with Crippen LogP contribution in [0.5, 0.6) is 0 Å². The van der Waals surface area contributed by atoms with E-state index in [9.17, 15) is 17.6 Å². The maximum absolute atomic E-state index is 13.0. The second-order valence-corrected chi connectivity index (χ2v) is 7.46. The maximum atomic E-state index is 13.0. The molecule has 0 aliphatic carbocycles. The van der Waals surface area contributed by atoms with Crippen molar-refractivity contribution in [1.29, 1.82) is 0 Å². The molecule has 0 radical (unpaired) electrons. The van der Waals surface area contributed by atoms with Gasteiger partial charge in [-0.3, -0.25) is 0 Å². The fourth-order valence-corrected chi connectivity index (χ4v) is 3.68. The summed E-state index contributed by atoms with van der Waals surface area (Å²) in [5.74, 6) is 3.46. The summed E-state index contributed by atoms with van der Waals surface area (Å²) in [6, 6.07) is 8.89. The van der Waals surface area contributed by atoms with Gasteiger partial charge in [0.05, 0.1) is 16.7 Å². The van der Waals surface area contributed by atoms with Gasteiger partial charge in [-0.05, 0) is 42.5 Å². The summed E-state index contributed by atoms with van der Waals surface area (Å²) in [4.78, 5) is 14.8. The van der Waals surface area contributed by atoms with Crippen molar-refractivity contribution in [3.8, 4) is 11.8 Å². The number of sulfone groups is 1. The minimum atomic E-state index is -3.86. The number of nitrogens with zero attached hydrogens (tertiary/aromatic N) is 1. The summed E-state index contributed by atoms with van der Waals surface area (Å²) in [6.07, 6.45) is 2.40. The molecule has 1 N–H and O–H groups in total. The molecule has 27 heavy (non-hydrogen) atoms. The number of hydrogen-bond donors (Lipinski definition) is 1. The van der Waals surface area contributed by atoms with Crippen LogP contribution in [0.1, 0.15) is 27.2 Å². The van der Waals surface area contributed by atoms with Crippen molar-refractivity contribution in [1.82, 2.24) is 4.98 Å². The third-order valence-corrected chi connectivity index (χ3v) is 5.25. The quantitative estimate of drug-likeness (QED) is 0.694. The van der Waals surface area contributed by atoms with Crippen LogP contribution in [0.25, 0.3) is 0 Å². The number of aromatic nitrogens is 1. The molecular weight excluding hydrogens is 373 g/mol. The van der Waals surface area contributed by atoms with E-state index in [1.807, 2.05) is 0 Å². The Bertz CT molecular complexity index is 1140. The lowest BCUT2D eigenvalue weighted by Gasteiger charge is -2.07. The molecule has 3 aromatic rings. The molecule has 0 fully saturated rings. The Balaban J connectivity index is 2.06. The van der Waals surface area contributed by atoms with E-state index in [4.69, 9.17) is 9.52 Å². The van der Waals surface area contributed by atoms with Crippen molar-refractivity contribution in [3.63, 3.8) is 0 Å². The van der Waals surface area contributed by atoms with Crippen molar-refractivity contribution in [2.45, 2.75) is 10.6 Å². The number of aromatic carboxylic acids is 1. The summed E-state index contributed by atoms with van der Waals surface area (Å²) < 4.78 is 43.4. The minimum absolute atomic E-state index is 0.0266. The minimum Gasteiger partial charge on any atom is -0.478 e. The predicted octanol–water partition coefficient (Wildman–Crippen LogP) is 2.89. The molecule has 0 amide bonds. The van der Waals surface area contributed by atoms with Gasteiger partial charge in [-0.25, -0.2) is 22.6 Å². The van der Waals surface area contributed by atoms with Gasteiger partial charge in [-0.15, -0.1) is 0 Å².